The summed E-state index contributed by atoms with van der Waals surface area (Å²) >= 11 is 0. The molecule has 1 aromatic heterocycles. The zero-order valence-electron chi connectivity index (χ0n) is 14.1. The molecule has 4 N–H and O–H groups in total. The number of aliphatic hydroxyl groups excluding tert-OH is 2. The first-order chi connectivity index (χ1) is 12.3. The van der Waals surface area contributed by atoms with Gasteiger partial charge in [0.05, 0.1) is 6.61 Å². The smallest absolute Gasteiger partial charge is 0.255 e. The van der Waals surface area contributed by atoms with E-state index in [1.165, 1.54) is 25.3 Å². The van der Waals surface area contributed by atoms with Gasteiger partial charge in [0.25, 0.3) is 11.5 Å². The Morgan fingerprint density at radius 1 is 1.31 bits per heavy atom. The number of aliphatic hydroxyl groups is 3. The summed E-state index contributed by atoms with van der Waals surface area (Å²) in [5.41, 5.74) is -1.55. The number of amides is 1. The van der Waals surface area contributed by atoms with Crippen molar-refractivity contribution in [3.05, 3.63) is 64.6 Å². The number of rotatable bonds is 4. The van der Waals surface area contributed by atoms with Gasteiger partial charge in [-0.25, -0.2) is 0 Å². The zero-order chi connectivity index (χ0) is 18.9. The lowest BCUT2D eigenvalue weighted by atomic mass is 9.96. The third-order valence-corrected chi connectivity index (χ3v) is 4.43. The van der Waals surface area contributed by atoms with Crippen LogP contribution in [0.15, 0.2) is 53.5 Å². The molecule has 1 saturated heterocycles. The van der Waals surface area contributed by atoms with Crippen LogP contribution >= 0.6 is 0 Å². The molecule has 8 nitrogen and oxygen atoms in total. The normalized spacial score (nSPS) is 28.1. The summed E-state index contributed by atoms with van der Waals surface area (Å²) in [6, 6.07) is 11.2. The summed E-state index contributed by atoms with van der Waals surface area (Å²) in [6.45, 7) is 0.837. The average molecular weight is 360 g/mol. The van der Waals surface area contributed by atoms with E-state index in [0.29, 0.717) is 5.56 Å². The van der Waals surface area contributed by atoms with E-state index >= 15 is 0 Å². The van der Waals surface area contributed by atoms with Crippen molar-refractivity contribution in [2.75, 3.05) is 11.9 Å². The van der Waals surface area contributed by atoms with Crippen molar-refractivity contribution in [1.29, 1.82) is 0 Å². The molecular weight excluding hydrogens is 340 g/mol. The van der Waals surface area contributed by atoms with Crippen molar-refractivity contribution in [2.45, 2.75) is 31.0 Å². The molecule has 2 heterocycles. The minimum Gasteiger partial charge on any atom is -0.394 e. The van der Waals surface area contributed by atoms with Crippen molar-refractivity contribution in [1.82, 2.24) is 4.57 Å². The van der Waals surface area contributed by atoms with Gasteiger partial charge < -0.3 is 25.4 Å². The van der Waals surface area contributed by atoms with E-state index in [2.05, 4.69) is 5.32 Å². The van der Waals surface area contributed by atoms with Gasteiger partial charge in [0, 0.05) is 23.5 Å². The van der Waals surface area contributed by atoms with Gasteiger partial charge in [0.1, 0.15) is 17.8 Å². The van der Waals surface area contributed by atoms with Gasteiger partial charge in [-0.05, 0) is 25.1 Å². The second-order valence-corrected chi connectivity index (χ2v) is 6.36. The molecular formula is C18H20N2O6. The predicted molar refractivity (Wildman–Crippen MR) is 92.7 cm³/mol. The van der Waals surface area contributed by atoms with Crippen molar-refractivity contribution < 1.29 is 24.9 Å². The molecule has 26 heavy (non-hydrogen) atoms. The highest BCUT2D eigenvalue weighted by Crippen LogP contribution is 2.37. The van der Waals surface area contributed by atoms with Crippen molar-refractivity contribution in [2.24, 2.45) is 0 Å². The quantitative estimate of drug-likeness (QED) is 0.614. The molecule has 0 spiro atoms. The molecule has 1 aliphatic rings. The summed E-state index contributed by atoms with van der Waals surface area (Å²) in [5.74, 6) is -0.359. The van der Waals surface area contributed by atoms with Gasteiger partial charge in [-0.2, -0.15) is 0 Å². The number of nitrogens with one attached hydrogen (secondary N) is 1. The fourth-order valence-corrected chi connectivity index (χ4v) is 2.94. The van der Waals surface area contributed by atoms with Crippen LogP contribution in [0, 0.1) is 0 Å². The lowest BCUT2D eigenvalue weighted by Crippen LogP contribution is -2.45. The monoisotopic (exact) mass is 360 g/mol. The molecule has 0 saturated carbocycles. The molecule has 1 aromatic carbocycles. The predicted octanol–water partition coefficient (Wildman–Crippen LogP) is 0.102. The van der Waals surface area contributed by atoms with Crippen LogP contribution < -0.4 is 10.9 Å². The Labute approximate surface area is 149 Å². The van der Waals surface area contributed by atoms with Crippen molar-refractivity contribution >= 4 is 11.6 Å². The lowest BCUT2D eigenvalue weighted by molar-refractivity contribution is -0.0981. The number of nitrogens with zero attached hydrogens (tertiary/aromatic N) is 1. The van der Waals surface area contributed by atoms with Crippen LogP contribution in [-0.4, -0.2) is 50.2 Å². The third kappa shape index (κ3) is 3.27. The molecule has 2 aromatic rings. The SMILES string of the molecule is C[C@]1(O)[C@H](O)[C@@H](CO)O[C@H]1n1ccc(NC(=O)c2ccccc2)cc1=O. The van der Waals surface area contributed by atoms with Gasteiger partial charge in [-0.1, -0.05) is 18.2 Å². The minimum atomic E-state index is -1.76. The highest BCUT2D eigenvalue weighted by atomic mass is 16.6. The van der Waals surface area contributed by atoms with Crippen LogP contribution in [-0.2, 0) is 4.74 Å². The van der Waals surface area contributed by atoms with Gasteiger partial charge in [0.15, 0.2) is 6.23 Å². The van der Waals surface area contributed by atoms with Crippen molar-refractivity contribution in [3.63, 3.8) is 0 Å². The summed E-state index contributed by atoms with van der Waals surface area (Å²) in [7, 11) is 0. The first-order valence-corrected chi connectivity index (χ1v) is 8.10. The van der Waals surface area contributed by atoms with E-state index in [0.717, 1.165) is 4.57 Å². The number of carbonyl (C=O) groups is 1. The van der Waals surface area contributed by atoms with Gasteiger partial charge >= 0.3 is 0 Å². The summed E-state index contributed by atoms with van der Waals surface area (Å²) < 4.78 is 6.53. The molecule has 1 amide bonds. The number of benzene rings is 1. The Kier molecular flexibility index (Phi) is 4.92. The molecule has 4 atom stereocenters. The Balaban J connectivity index is 1.82. The first kappa shape index (κ1) is 18.3. The molecule has 8 heteroatoms. The number of hydrogen-bond donors (Lipinski definition) is 4. The Hall–Kier alpha value is -2.52. The summed E-state index contributed by atoms with van der Waals surface area (Å²) in [4.78, 5) is 24.6. The van der Waals surface area contributed by atoms with Gasteiger partial charge in [0.2, 0.25) is 0 Å². The number of pyridine rings is 1. The molecule has 1 fully saturated rings. The van der Waals surface area contributed by atoms with Crippen LogP contribution in [0.2, 0.25) is 0 Å². The zero-order valence-corrected chi connectivity index (χ0v) is 14.1. The summed E-state index contributed by atoms with van der Waals surface area (Å²) in [5, 5.41) is 32.3. The topological polar surface area (TPSA) is 121 Å². The van der Waals surface area contributed by atoms with Crippen LogP contribution in [0.4, 0.5) is 5.69 Å². The maximum Gasteiger partial charge on any atom is 0.255 e. The van der Waals surface area contributed by atoms with Crippen molar-refractivity contribution in [3.8, 4) is 0 Å². The molecule has 0 bridgehead atoms. The highest BCUT2D eigenvalue weighted by Gasteiger charge is 2.53. The van der Waals surface area contributed by atoms with E-state index in [-0.39, 0.29) is 11.6 Å². The van der Waals surface area contributed by atoms with E-state index in [1.54, 1.807) is 30.3 Å². The second-order valence-electron chi connectivity index (χ2n) is 6.36. The van der Waals surface area contributed by atoms with Crippen LogP contribution in [0.1, 0.15) is 23.5 Å². The van der Waals surface area contributed by atoms with E-state index < -0.39 is 36.2 Å². The van der Waals surface area contributed by atoms with Crippen LogP contribution in [0.25, 0.3) is 0 Å². The molecule has 138 valence electrons. The fraction of sp³-hybridized carbons (Fsp3) is 0.333. The number of ether oxygens (including phenoxy) is 1. The molecule has 3 rings (SSSR count). The Morgan fingerprint density at radius 2 is 2.00 bits per heavy atom. The van der Waals surface area contributed by atoms with Crippen LogP contribution in [0.5, 0.6) is 0 Å². The summed E-state index contributed by atoms with van der Waals surface area (Å²) in [6.07, 6.45) is -2.16. The molecule has 1 aliphatic heterocycles. The van der Waals surface area contributed by atoms with E-state index in [9.17, 15) is 24.9 Å². The van der Waals surface area contributed by atoms with Gasteiger partial charge in [-0.15, -0.1) is 0 Å². The Bertz CT molecular complexity index is 848. The molecule has 0 radical (unpaired) electrons. The third-order valence-electron chi connectivity index (χ3n) is 4.43. The standard InChI is InChI=1S/C18H20N2O6/c1-18(25)15(23)13(10-21)26-17(18)20-8-7-12(9-14(20)22)19-16(24)11-5-3-2-4-6-11/h2-9,13,15,17,21,23,25H,10H2,1H3,(H,19,24)/t13-,15-,17-,18+/m1/s1. The first-order valence-electron chi connectivity index (χ1n) is 8.10. The highest BCUT2D eigenvalue weighted by molar-refractivity contribution is 6.04. The number of anilines is 1. The minimum absolute atomic E-state index is 0.289. The fourth-order valence-electron chi connectivity index (χ4n) is 2.94. The average Bonchev–Trinajstić information content (AvgIpc) is 2.85. The number of aromatic nitrogens is 1. The lowest BCUT2D eigenvalue weighted by Gasteiger charge is -2.27. The number of carbonyl (C=O) groups excluding carboxylic acids is 1. The molecule has 0 aliphatic carbocycles. The number of hydrogen-bond acceptors (Lipinski definition) is 6. The van der Waals surface area contributed by atoms with Crippen LogP contribution in [0.3, 0.4) is 0 Å². The maximum atomic E-state index is 12.4. The van der Waals surface area contributed by atoms with Gasteiger partial charge in [-0.3, -0.25) is 14.2 Å². The second kappa shape index (κ2) is 7.00. The maximum absolute atomic E-state index is 12.4. The Morgan fingerprint density at radius 3 is 2.58 bits per heavy atom. The van der Waals surface area contributed by atoms with E-state index in [4.69, 9.17) is 4.74 Å². The van der Waals surface area contributed by atoms with E-state index in [1.807, 2.05) is 0 Å². The molecule has 0 unspecified atom stereocenters. The largest absolute Gasteiger partial charge is 0.394 e.